The zero-order valence-electron chi connectivity index (χ0n) is 16.9. The topological polar surface area (TPSA) is 113 Å². The predicted molar refractivity (Wildman–Crippen MR) is 116 cm³/mol. The zero-order chi connectivity index (χ0) is 22.3. The van der Waals surface area contributed by atoms with Gasteiger partial charge in [-0.05, 0) is 61.4 Å². The first-order valence-electron chi connectivity index (χ1n) is 9.55. The number of carboxylic acid groups (broad SMARTS) is 2. The van der Waals surface area contributed by atoms with Gasteiger partial charge in [-0.15, -0.1) is 0 Å². The Morgan fingerprint density at radius 2 is 1.68 bits per heavy atom. The van der Waals surface area contributed by atoms with Crippen molar-refractivity contribution in [3.8, 4) is 22.8 Å². The van der Waals surface area contributed by atoms with Crippen LogP contribution in [0.4, 0.5) is 0 Å². The van der Waals surface area contributed by atoms with Crippen molar-refractivity contribution < 1.29 is 24.5 Å². The summed E-state index contributed by atoms with van der Waals surface area (Å²) in [7, 11) is 0. The smallest absolute Gasteiger partial charge is 0.331 e. The van der Waals surface area contributed by atoms with E-state index in [-0.39, 0.29) is 12.0 Å². The number of rotatable bonds is 5. The average Bonchev–Trinajstić information content (AvgIpc) is 3.30. The van der Waals surface area contributed by atoms with Crippen LogP contribution in [0.1, 0.15) is 13.3 Å². The molecule has 1 atom stereocenters. The summed E-state index contributed by atoms with van der Waals surface area (Å²) in [4.78, 5) is 21.3. The van der Waals surface area contributed by atoms with E-state index in [2.05, 4.69) is 10.2 Å². The van der Waals surface area contributed by atoms with Crippen molar-refractivity contribution in [2.24, 2.45) is 5.41 Å². The molecule has 3 N–H and O–H groups in total. The number of allylic oxidation sites excluding steroid dienone is 2. The second-order valence-electron chi connectivity index (χ2n) is 7.17. The fraction of sp³-hybridized carbons (Fsp3) is 0.125. The number of benzene rings is 2. The summed E-state index contributed by atoms with van der Waals surface area (Å²) >= 11 is 0. The van der Waals surface area contributed by atoms with Gasteiger partial charge >= 0.3 is 11.9 Å². The summed E-state index contributed by atoms with van der Waals surface area (Å²) in [5.74, 6) is -0.399. The van der Waals surface area contributed by atoms with Crippen molar-refractivity contribution in [2.75, 3.05) is 0 Å². The maximum absolute atomic E-state index is 10.8. The van der Waals surface area contributed by atoms with Crippen LogP contribution in [-0.2, 0) is 9.59 Å². The van der Waals surface area contributed by atoms with Crippen LogP contribution < -0.4 is 4.74 Å². The normalized spacial score (nSPS) is 17.1. The molecule has 1 aliphatic carbocycles. The molecule has 1 heterocycles. The van der Waals surface area contributed by atoms with Crippen LogP contribution in [0.3, 0.4) is 0 Å². The number of carbonyl (C=O) groups is 2. The van der Waals surface area contributed by atoms with Crippen LogP contribution in [0.15, 0.2) is 90.7 Å². The molecule has 7 nitrogen and oxygen atoms in total. The number of hydrogen-bond donors (Lipinski definition) is 3. The molecule has 1 aliphatic rings. The highest BCUT2D eigenvalue weighted by Crippen LogP contribution is 2.31. The summed E-state index contributed by atoms with van der Waals surface area (Å²) in [5.41, 5.74) is 1.14. The van der Waals surface area contributed by atoms with Gasteiger partial charge in [0.2, 0.25) is 0 Å². The van der Waals surface area contributed by atoms with Crippen molar-refractivity contribution in [2.45, 2.75) is 13.3 Å². The zero-order valence-corrected chi connectivity index (χ0v) is 16.9. The molecule has 0 saturated heterocycles. The summed E-state index contributed by atoms with van der Waals surface area (Å²) < 4.78 is 5.72. The molecule has 0 saturated carbocycles. The number of hydrogen-bond acceptors (Lipinski definition) is 4. The third kappa shape index (κ3) is 5.70. The highest BCUT2D eigenvalue weighted by Gasteiger charge is 2.34. The first-order valence-corrected chi connectivity index (χ1v) is 9.55. The van der Waals surface area contributed by atoms with E-state index in [4.69, 9.17) is 14.9 Å². The number of nitrogens with zero attached hydrogens (tertiary/aromatic N) is 1. The molecule has 0 radical (unpaired) electrons. The maximum Gasteiger partial charge on any atom is 0.331 e. The molecule has 31 heavy (non-hydrogen) atoms. The Labute approximate surface area is 179 Å². The SMILES string of the molecule is CC1(C(=O)O)C=CC=C(C(=O)O)C1.c1ccc(Oc2ccc(-c3ccn[nH]3)cc2)cc1. The van der Waals surface area contributed by atoms with E-state index in [1.54, 1.807) is 6.20 Å². The lowest BCUT2D eigenvalue weighted by molar-refractivity contribution is -0.145. The van der Waals surface area contributed by atoms with Crippen molar-refractivity contribution in [1.82, 2.24) is 10.2 Å². The molecule has 0 amide bonds. The molecular weight excluding hydrogens is 396 g/mol. The van der Waals surface area contributed by atoms with Gasteiger partial charge in [0.15, 0.2) is 0 Å². The quantitative estimate of drug-likeness (QED) is 0.542. The minimum atomic E-state index is -1.08. The van der Waals surface area contributed by atoms with E-state index in [1.807, 2.05) is 60.7 Å². The Morgan fingerprint density at radius 3 is 2.26 bits per heavy atom. The van der Waals surface area contributed by atoms with Gasteiger partial charge in [0.05, 0.1) is 11.1 Å². The lowest BCUT2D eigenvalue weighted by Gasteiger charge is -2.23. The first kappa shape index (κ1) is 21.6. The number of aromatic amines is 1. The first-order chi connectivity index (χ1) is 14.9. The molecule has 0 bridgehead atoms. The van der Waals surface area contributed by atoms with Crippen molar-refractivity contribution >= 4 is 11.9 Å². The van der Waals surface area contributed by atoms with E-state index < -0.39 is 17.4 Å². The number of aromatic nitrogens is 2. The molecular formula is C24H22N2O5. The fourth-order valence-electron chi connectivity index (χ4n) is 2.93. The van der Waals surface area contributed by atoms with Crippen LogP contribution in [0.25, 0.3) is 11.3 Å². The minimum absolute atomic E-state index is 0.0359. The van der Waals surface area contributed by atoms with Crippen LogP contribution in [0.2, 0.25) is 0 Å². The molecule has 1 aromatic heterocycles. The van der Waals surface area contributed by atoms with Gasteiger partial charge in [0.1, 0.15) is 11.5 Å². The number of H-pyrrole nitrogens is 1. The summed E-state index contributed by atoms with van der Waals surface area (Å²) in [6, 6.07) is 19.6. The number of ether oxygens (including phenoxy) is 1. The summed E-state index contributed by atoms with van der Waals surface area (Å²) in [6.07, 6.45) is 6.17. The number of aliphatic carboxylic acids is 2. The number of para-hydroxylation sites is 1. The summed E-state index contributed by atoms with van der Waals surface area (Å²) in [6.45, 7) is 1.50. The molecule has 3 aromatic rings. The molecule has 2 aromatic carbocycles. The van der Waals surface area contributed by atoms with Crippen LogP contribution in [-0.4, -0.2) is 32.3 Å². The molecule has 1 unspecified atom stereocenters. The van der Waals surface area contributed by atoms with E-state index in [0.717, 1.165) is 22.8 Å². The van der Waals surface area contributed by atoms with Crippen LogP contribution in [0.5, 0.6) is 11.5 Å². The molecule has 0 spiro atoms. The van der Waals surface area contributed by atoms with Gasteiger partial charge in [0, 0.05) is 11.8 Å². The third-order valence-electron chi connectivity index (χ3n) is 4.73. The van der Waals surface area contributed by atoms with Gasteiger partial charge in [0.25, 0.3) is 0 Å². The third-order valence-corrected chi connectivity index (χ3v) is 4.73. The lowest BCUT2D eigenvalue weighted by atomic mass is 9.80. The molecule has 158 valence electrons. The van der Waals surface area contributed by atoms with E-state index in [1.165, 1.54) is 25.2 Å². The van der Waals surface area contributed by atoms with Crippen molar-refractivity contribution in [3.05, 3.63) is 90.7 Å². The monoisotopic (exact) mass is 418 g/mol. The molecule has 0 fully saturated rings. The van der Waals surface area contributed by atoms with Gasteiger partial charge < -0.3 is 14.9 Å². The Balaban J connectivity index is 0.000000187. The van der Waals surface area contributed by atoms with E-state index in [9.17, 15) is 9.59 Å². The average molecular weight is 418 g/mol. The highest BCUT2D eigenvalue weighted by atomic mass is 16.5. The van der Waals surface area contributed by atoms with Gasteiger partial charge in [-0.25, -0.2) is 4.79 Å². The lowest BCUT2D eigenvalue weighted by Crippen LogP contribution is -2.28. The Kier molecular flexibility index (Phi) is 6.67. The van der Waals surface area contributed by atoms with Crippen LogP contribution in [0, 0.1) is 5.41 Å². The van der Waals surface area contributed by atoms with Gasteiger partial charge in [-0.2, -0.15) is 5.10 Å². The fourth-order valence-corrected chi connectivity index (χ4v) is 2.93. The Bertz CT molecular complexity index is 1090. The van der Waals surface area contributed by atoms with E-state index in [0.29, 0.717) is 0 Å². The summed E-state index contributed by atoms with van der Waals surface area (Å²) in [5, 5.41) is 24.3. The Morgan fingerprint density at radius 1 is 1.00 bits per heavy atom. The van der Waals surface area contributed by atoms with Crippen LogP contribution >= 0.6 is 0 Å². The molecule has 4 rings (SSSR count). The minimum Gasteiger partial charge on any atom is -0.481 e. The second kappa shape index (κ2) is 9.58. The van der Waals surface area contributed by atoms with Crippen molar-refractivity contribution in [1.29, 1.82) is 0 Å². The van der Waals surface area contributed by atoms with Gasteiger partial charge in [-0.3, -0.25) is 9.89 Å². The van der Waals surface area contributed by atoms with Gasteiger partial charge in [-0.1, -0.05) is 36.4 Å². The largest absolute Gasteiger partial charge is 0.481 e. The number of nitrogens with one attached hydrogen (secondary N) is 1. The predicted octanol–water partition coefficient (Wildman–Crippen LogP) is 4.92. The standard InChI is InChI=1S/C15H12N2O.C9H10O4/c1-2-4-13(5-3-1)18-14-8-6-12(7-9-14)15-10-11-16-17-15;1-9(8(12)13)4-2-3-6(5-9)7(10)11/h1-11H,(H,16,17);2-4H,5H2,1H3,(H,10,11)(H,12,13). The molecule has 0 aliphatic heterocycles. The second-order valence-corrected chi connectivity index (χ2v) is 7.17. The van der Waals surface area contributed by atoms with E-state index >= 15 is 0 Å². The number of carboxylic acids is 2. The highest BCUT2D eigenvalue weighted by molar-refractivity contribution is 5.90. The Hall–Kier alpha value is -4.13. The van der Waals surface area contributed by atoms with Crippen molar-refractivity contribution in [3.63, 3.8) is 0 Å². The maximum atomic E-state index is 10.8. The molecule has 7 heteroatoms.